The van der Waals surface area contributed by atoms with Crippen molar-refractivity contribution in [1.29, 1.82) is 0 Å². The maximum atomic E-state index is 14.0. The minimum absolute atomic E-state index is 0. The smallest absolute Gasteiger partial charge is 0.220 e. The molecule has 0 saturated heterocycles. The van der Waals surface area contributed by atoms with Crippen molar-refractivity contribution in [2.45, 2.75) is 219 Å². The van der Waals surface area contributed by atoms with Crippen LogP contribution in [0.25, 0.3) is 84.4 Å². The summed E-state index contributed by atoms with van der Waals surface area (Å²) in [5, 5.41) is 31.2. The van der Waals surface area contributed by atoms with Crippen LogP contribution in [0.5, 0.6) is 0 Å². The molecule has 0 fully saturated rings. The van der Waals surface area contributed by atoms with Crippen molar-refractivity contribution in [2.24, 2.45) is 0 Å². The second-order valence-corrected chi connectivity index (χ2v) is 36.8. The van der Waals surface area contributed by atoms with Crippen LogP contribution in [0.15, 0.2) is 310 Å². The Hall–Kier alpha value is -15.2. The average molecular weight is 1970 g/mol. The molecule has 0 aliphatic heterocycles. The molecule has 0 spiro atoms. The molecule has 8 aromatic heterocycles. The van der Waals surface area contributed by atoms with E-state index in [0.717, 1.165) is 101 Å². The van der Waals surface area contributed by atoms with Crippen LogP contribution in [0.4, 0.5) is 55.3 Å². The number of hydrogen-bond donors (Lipinski definition) is 16. The number of hydrogen-bond acceptors (Lipinski definition) is 26. The summed E-state index contributed by atoms with van der Waals surface area (Å²) < 4.78 is 29.8. The highest BCUT2D eigenvalue weighted by atomic mass is 19.1. The highest BCUT2D eigenvalue weighted by Gasteiger charge is 2.18. The van der Waals surface area contributed by atoms with Crippen molar-refractivity contribution < 1.29 is 8.78 Å². The summed E-state index contributed by atoms with van der Waals surface area (Å²) in [7, 11) is 0. The van der Waals surface area contributed by atoms with E-state index in [1.54, 1.807) is 61.2 Å². The Bertz CT molecular complexity index is 5920. The van der Waals surface area contributed by atoms with E-state index in [9.17, 15) is 8.78 Å². The summed E-state index contributed by atoms with van der Waals surface area (Å²) >= 11 is 0. The molecule has 0 amide bonds. The molecule has 29 heteroatoms. The number of para-hydroxylation sites is 1. The number of nitrogens with two attached hydrogens (primary N) is 8. The molecule has 0 radical (unpaired) electrons. The molecule has 146 heavy (non-hydrogen) atoms. The van der Waals surface area contributed by atoms with E-state index in [-0.39, 0.29) is 25.1 Å². The van der Waals surface area contributed by atoms with Crippen LogP contribution in [0.3, 0.4) is 0 Å². The van der Waals surface area contributed by atoms with Crippen LogP contribution in [0, 0.1) is 11.6 Å². The normalized spacial score (nSPS) is 10.8. The zero-order valence-electron chi connectivity index (χ0n) is 86.5. The molecule has 16 rings (SSSR count). The highest BCUT2D eigenvalue weighted by molar-refractivity contribution is 5.72. The predicted octanol–water partition coefficient (Wildman–Crippen LogP) is 21.5. The van der Waals surface area contributed by atoms with Crippen molar-refractivity contribution in [3.63, 3.8) is 0 Å². The number of nitrogens with zero attached hydrogens (tertiary/aromatic N) is 11. The molecular formula is C117H151F2N27. The van der Waals surface area contributed by atoms with Gasteiger partial charge in [-0.2, -0.15) is 5.10 Å². The third-order valence-corrected chi connectivity index (χ3v) is 21.9. The summed E-state index contributed by atoms with van der Waals surface area (Å²) in [4.78, 5) is 37.8. The Morgan fingerprint density at radius 2 is 0.555 bits per heavy atom. The van der Waals surface area contributed by atoms with Gasteiger partial charge in [-0.3, -0.25) is 4.98 Å². The van der Waals surface area contributed by atoms with Crippen LogP contribution in [-0.2, 0) is 52.4 Å². The fourth-order valence-corrected chi connectivity index (χ4v) is 14.5. The van der Waals surface area contributed by atoms with E-state index < -0.39 is 0 Å². The number of nitrogens with one attached hydrogen (secondary N) is 8. The largest absolute Gasteiger partial charge is 0.396 e. The second-order valence-electron chi connectivity index (χ2n) is 36.8. The van der Waals surface area contributed by atoms with Gasteiger partial charge in [0.1, 0.15) is 46.5 Å². The lowest BCUT2D eigenvalue weighted by Crippen LogP contribution is -2.23. The van der Waals surface area contributed by atoms with Crippen LogP contribution >= 0.6 is 0 Å². The van der Waals surface area contributed by atoms with Gasteiger partial charge in [0, 0.05) is 158 Å². The molecule has 0 aliphatic carbocycles. The molecule has 768 valence electrons. The van der Waals surface area contributed by atoms with E-state index in [1.165, 1.54) is 57.3 Å². The molecule has 16 aromatic rings. The molecule has 27 nitrogen and oxygen atoms in total. The van der Waals surface area contributed by atoms with Gasteiger partial charge in [-0.1, -0.05) is 306 Å². The van der Waals surface area contributed by atoms with Crippen molar-refractivity contribution >= 4 is 46.5 Å². The second kappa shape index (κ2) is 61.1. The van der Waals surface area contributed by atoms with Crippen molar-refractivity contribution in [3.8, 4) is 84.4 Å². The highest BCUT2D eigenvalue weighted by Crippen LogP contribution is 2.32. The number of rotatable bonds is 32. The first-order chi connectivity index (χ1) is 69.6. The predicted molar refractivity (Wildman–Crippen MR) is 605 cm³/mol. The average Bonchev–Trinajstić information content (AvgIpc) is 1.21. The van der Waals surface area contributed by atoms with Gasteiger partial charge in [0.05, 0.1) is 70.3 Å². The molecule has 0 unspecified atom stereocenters. The fourth-order valence-electron chi connectivity index (χ4n) is 14.5. The van der Waals surface area contributed by atoms with Gasteiger partial charge in [0.25, 0.3) is 0 Å². The SMILES string of the molecule is C.CC(C)NCc1c(F)cccc1-c1cccc(N)n1.CC(C)NCc1c(F)cccc1-c1cncc(N)n1.CC(C)NCc1ccccc1-c1cccc(N)n1.CC(C)NCc1ccccc1-c1cccc(N)n1.CC(C)NCc1ccccc1-c1cccc(N)n1.CC(C)NCc1ccccc1-c1ccnc(N)c1.CC(C)NCc1ccccc1-c1ccnc(N)n1.CC(C)NCc1ccccc1-n1cc(N)cn1. The van der Waals surface area contributed by atoms with Crippen LogP contribution in [0.2, 0.25) is 0 Å². The lowest BCUT2D eigenvalue weighted by atomic mass is 10.0. The number of pyridine rings is 5. The summed E-state index contributed by atoms with van der Waals surface area (Å²) in [6.07, 6.45) is 9.97. The first-order valence-corrected chi connectivity index (χ1v) is 49.1. The van der Waals surface area contributed by atoms with Gasteiger partial charge in [0.15, 0.2) is 0 Å². The summed E-state index contributed by atoms with van der Waals surface area (Å²) in [6, 6.07) is 91.2. The molecule has 0 aliphatic rings. The van der Waals surface area contributed by atoms with E-state index in [0.29, 0.717) is 130 Å². The first-order valence-electron chi connectivity index (χ1n) is 49.1. The standard InChI is InChI=1S/C15H18FN3.4C15H19N3.C14H17FN4.C14H18N4.C13H18N4.CH4/c1-10(2)18-9-12-11(5-3-6-13(12)16)14-7-4-8-15(17)19-14;3*1-11(2)17-10-12-6-3-4-7-13(12)14-8-5-9-15(16)18-14;1-11(2)18-10-13-5-3-4-6-14(13)12-7-8-17-15(16)9-12;1-9(2)18-6-11-10(4-3-5-12(11)15)13-7-17-8-14(16)19-13;1-10(2)17-9-11-5-3-4-6-12(11)13-7-8-16-14(15)18-13;1-10(2)15-7-11-5-3-4-6-13(11)17-9-12(14)8-16-17;/h3-8,10,18H,9H2,1-2H3,(H2,17,19);3*3-9,11,17H,10H2,1-2H3,(H2,16,18);3-9,11,18H,10H2,1-2H3,(H2,16,17);3-5,7-9,18H,6H2,1-2H3,(H2,16,19);3-8,10,17H,9H2,1-2H3,(H2,15,16,18);3-6,8-10,15H,7,14H2,1-2H3;1H4. The molecule has 8 aromatic carbocycles. The van der Waals surface area contributed by atoms with Gasteiger partial charge < -0.3 is 88.4 Å². The zero-order valence-corrected chi connectivity index (χ0v) is 86.5. The minimum atomic E-state index is -0.255. The minimum Gasteiger partial charge on any atom is -0.396 e. The third kappa shape index (κ3) is 39.8. The summed E-state index contributed by atoms with van der Waals surface area (Å²) in [5.41, 5.74) is 69.2. The number of anilines is 8. The molecule has 24 N–H and O–H groups in total. The van der Waals surface area contributed by atoms with Gasteiger partial charge in [0.2, 0.25) is 5.95 Å². The molecular weight excluding hydrogens is 1820 g/mol. The van der Waals surface area contributed by atoms with Crippen molar-refractivity contribution in [2.75, 3.05) is 45.9 Å². The topological polar surface area (TPSA) is 438 Å². The summed E-state index contributed by atoms with van der Waals surface area (Å²) in [5.74, 6) is 2.80. The third-order valence-electron chi connectivity index (χ3n) is 21.9. The molecule has 0 bridgehead atoms. The zero-order chi connectivity index (χ0) is 105. The number of aromatic nitrogens is 11. The van der Waals surface area contributed by atoms with E-state index in [1.807, 2.05) is 190 Å². The van der Waals surface area contributed by atoms with E-state index in [2.05, 4.69) is 248 Å². The van der Waals surface area contributed by atoms with Gasteiger partial charge in [-0.15, -0.1) is 0 Å². The van der Waals surface area contributed by atoms with Gasteiger partial charge in [-0.05, 0) is 129 Å². The van der Waals surface area contributed by atoms with Crippen LogP contribution in [0.1, 0.15) is 163 Å². The first kappa shape index (κ1) is 116. The molecule has 8 heterocycles. The molecule has 0 saturated carbocycles. The Balaban J connectivity index is 0.000000203. The lowest BCUT2D eigenvalue weighted by molar-refractivity contribution is 0.554. The van der Waals surface area contributed by atoms with Crippen molar-refractivity contribution in [1.82, 2.24) is 97.2 Å². The summed E-state index contributed by atoms with van der Waals surface area (Å²) in [6.45, 7) is 39.7. The van der Waals surface area contributed by atoms with E-state index in [4.69, 9.17) is 45.9 Å². The Kier molecular flexibility index (Phi) is 48.6. The quantitative estimate of drug-likeness (QED) is 0.0186. The van der Waals surface area contributed by atoms with Gasteiger partial charge >= 0.3 is 0 Å². The number of benzene rings is 8. The number of nitrogen functional groups attached to an aromatic ring is 8. The van der Waals surface area contributed by atoms with Crippen LogP contribution in [-0.4, -0.2) is 103 Å². The fraction of sp³-hybridized carbons (Fsp3) is 0.282. The van der Waals surface area contributed by atoms with Gasteiger partial charge in [-0.25, -0.2) is 53.3 Å². The Morgan fingerprint density at radius 1 is 0.260 bits per heavy atom. The van der Waals surface area contributed by atoms with Crippen LogP contribution < -0.4 is 88.4 Å². The number of halogens is 2. The lowest BCUT2D eigenvalue weighted by Gasteiger charge is -2.13. The van der Waals surface area contributed by atoms with E-state index >= 15 is 0 Å². The van der Waals surface area contributed by atoms with Crippen molar-refractivity contribution in [3.05, 3.63) is 366 Å². The Morgan fingerprint density at radius 3 is 0.897 bits per heavy atom. The maximum absolute atomic E-state index is 14.0. The maximum Gasteiger partial charge on any atom is 0.220 e. The monoisotopic (exact) mass is 1970 g/mol. The Labute approximate surface area is 862 Å². The molecule has 0 atom stereocenters.